The highest BCUT2D eigenvalue weighted by atomic mass is 32.2. The van der Waals surface area contributed by atoms with E-state index in [1.807, 2.05) is 0 Å². The van der Waals surface area contributed by atoms with Crippen molar-refractivity contribution >= 4 is 27.3 Å². The fourth-order valence-corrected chi connectivity index (χ4v) is 4.17. The minimum atomic E-state index is -3.74. The first-order valence-corrected chi connectivity index (χ1v) is 8.54. The molecule has 1 unspecified atom stereocenters. The normalized spacial score (nSPS) is 19.1. The van der Waals surface area contributed by atoms with Crippen LogP contribution < -0.4 is 4.72 Å². The highest BCUT2D eigenvalue weighted by molar-refractivity contribution is 7.91. The molecule has 0 amide bonds. The van der Waals surface area contributed by atoms with E-state index < -0.39 is 16.0 Å². The SMILES string of the molecule is COC(=O)c1ncsc1S(=O)(=O)NCCC1CCCO1. The van der Waals surface area contributed by atoms with Gasteiger partial charge < -0.3 is 9.47 Å². The monoisotopic (exact) mass is 320 g/mol. The van der Waals surface area contributed by atoms with Gasteiger partial charge in [-0.15, -0.1) is 11.3 Å². The highest BCUT2D eigenvalue weighted by Crippen LogP contribution is 2.21. The molecule has 1 N–H and O–H groups in total. The van der Waals surface area contributed by atoms with Gasteiger partial charge in [0.1, 0.15) is 0 Å². The molecule has 9 heteroatoms. The van der Waals surface area contributed by atoms with Gasteiger partial charge in [0.15, 0.2) is 9.90 Å². The number of hydrogen-bond donors (Lipinski definition) is 1. The summed E-state index contributed by atoms with van der Waals surface area (Å²) in [6.07, 6.45) is 2.69. The van der Waals surface area contributed by atoms with Gasteiger partial charge in [-0.3, -0.25) is 0 Å². The molecule has 1 aliphatic rings. The number of aromatic nitrogens is 1. The molecule has 0 spiro atoms. The van der Waals surface area contributed by atoms with Crippen molar-refractivity contribution in [3.8, 4) is 0 Å². The van der Waals surface area contributed by atoms with E-state index in [-0.39, 0.29) is 22.6 Å². The molecule has 2 heterocycles. The Morgan fingerprint density at radius 3 is 3.10 bits per heavy atom. The van der Waals surface area contributed by atoms with E-state index in [2.05, 4.69) is 14.4 Å². The Morgan fingerprint density at radius 2 is 2.45 bits per heavy atom. The van der Waals surface area contributed by atoms with Gasteiger partial charge in [0.05, 0.1) is 18.7 Å². The maximum Gasteiger partial charge on any atom is 0.358 e. The van der Waals surface area contributed by atoms with Crippen molar-refractivity contribution in [2.24, 2.45) is 0 Å². The second kappa shape index (κ2) is 6.61. The number of methoxy groups -OCH3 is 1. The minimum Gasteiger partial charge on any atom is -0.464 e. The van der Waals surface area contributed by atoms with Crippen molar-refractivity contribution < 1.29 is 22.7 Å². The van der Waals surface area contributed by atoms with Crippen LogP contribution in [0.25, 0.3) is 0 Å². The Bertz CT molecular complexity index is 563. The number of thiazole rings is 1. The number of sulfonamides is 1. The molecular formula is C11H16N2O5S2. The van der Waals surface area contributed by atoms with Gasteiger partial charge in [-0.2, -0.15) is 0 Å². The summed E-state index contributed by atoms with van der Waals surface area (Å²) in [5, 5.41) is 0. The number of nitrogens with zero attached hydrogens (tertiary/aromatic N) is 1. The van der Waals surface area contributed by atoms with Crippen LogP contribution in [0.2, 0.25) is 0 Å². The molecule has 1 aliphatic heterocycles. The van der Waals surface area contributed by atoms with Crippen LogP contribution in [0.15, 0.2) is 9.72 Å². The summed E-state index contributed by atoms with van der Waals surface area (Å²) < 4.78 is 36.5. The Morgan fingerprint density at radius 1 is 1.65 bits per heavy atom. The number of carbonyl (C=O) groups excluding carboxylic acids is 1. The van der Waals surface area contributed by atoms with E-state index in [9.17, 15) is 13.2 Å². The second-order valence-corrected chi connectivity index (χ2v) is 7.12. The molecule has 0 aromatic carbocycles. The summed E-state index contributed by atoms with van der Waals surface area (Å²) in [4.78, 5) is 15.2. The molecule has 2 rings (SSSR count). The van der Waals surface area contributed by atoms with Crippen LogP contribution in [-0.4, -0.2) is 45.7 Å². The predicted molar refractivity (Wildman–Crippen MR) is 72.2 cm³/mol. The first-order chi connectivity index (χ1) is 9.54. The molecule has 20 heavy (non-hydrogen) atoms. The molecule has 1 fully saturated rings. The van der Waals surface area contributed by atoms with Gasteiger partial charge in [0.25, 0.3) is 10.0 Å². The average molecular weight is 320 g/mol. The van der Waals surface area contributed by atoms with E-state index >= 15 is 0 Å². The van der Waals surface area contributed by atoms with E-state index in [1.165, 1.54) is 12.6 Å². The second-order valence-electron chi connectivity index (χ2n) is 4.30. The molecule has 1 aromatic heterocycles. The van der Waals surface area contributed by atoms with E-state index in [1.54, 1.807) is 0 Å². The van der Waals surface area contributed by atoms with Crippen LogP contribution >= 0.6 is 11.3 Å². The lowest BCUT2D eigenvalue weighted by Crippen LogP contribution is -2.28. The Kier molecular flexibility index (Phi) is 5.08. The van der Waals surface area contributed by atoms with E-state index in [0.29, 0.717) is 6.42 Å². The Labute approximate surface area is 121 Å². The molecule has 0 bridgehead atoms. The van der Waals surface area contributed by atoms with E-state index in [0.717, 1.165) is 30.8 Å². The molecule has 0 aliphatic carbocycles. The van der Waals surface area contributed by atoms with Crippen LogP contribution in [0.5, 0.6) is 0 Å². The van der Waals surface area contributed by atoms with Gasteiger partial charge in [0.2, 0.25) is 0 Å². The molecule has 112 valence electrons. The van der Waals surface area contributed by atoms with Gasteiger partial charge >= 0.3 is 5.97 Å². The van der Waals surface area contributed by atoms with Crippen molar-refractivity contribution in [2.45, 2.75) is 29.6 Å². The third-order valence-electron chi connectivity index (χ3n) is 2.94. The van der Waals surface area contributed by atoms with Gasteiger partial charge in [-0.1, -0.05) is 0 Å². The first kappa shape index (κ1) is 15.4. The predicted octanol–water partition coefficient (Wildman–Crippen LogP) is 0.777. The lowest BCUT2D eigenvalue weighted by molar-refractivity contribution is 0.0590. The third kappa shape index (κ3) is 3.54. The van der Waals surface area contributed by atoms with Crippen LogP contribution in [0.4, 0.5) is 0 Å². The number of hydrogen-bond acceptors (Lipinski definition) is 7. The maximum absolute atomic E-state index is 12.1. The minimum absolute atomic E-state index is 0.110. The summed E-state index contributed by atoms with van der Waals surface area (Å²) in [6.45, 7) is 1.00. The summed E-state index contributed by atoms with van der Waals surface area (Å²) in [7, 11) is -2.56. The molecular weight excluding hydrogens is 304 g/mol. The van der Waals surface area contributed by atoms with Gasteiger partial charge in [-0.05, 0) is 19.3 Å². The van der Waals surface area contributed by atoms with Gasteiger partial charge in [0, 0.05) is 13.2 Å². The van der Waals surface area contributed by atoms with E-state index in [4.69, 9.17) is 4.74 Å². The topological polar surface area (TPSA) is 94.6 Å². The number of ether oxygens (including phenoxy) is 2. The van der Waals surface area contributed by atoms with Crippen LogP contribution in [0, 0.1) is 0 Å². The zero-order chi connectivity index (χ0) is 14.6. The maximum atomic E-state index is 12.1. The average Bonchev–Trinajstić information content (AvgIpc) is 3.08. The number of esters is 1. The lowest BCUT2D eigenvalue weighted by Gasteiger charge is -2.10. The van der Waals surface area contributed by atoms with Crippen molar-refractivity contribution in [3.05, 3.63) is 11.2 Å². The molecule has 1 atom stereocenters. The number of nitrogens with one attached hydrogen (secondary N) is 1. The molecule has 0 radical (unpaired) electrons. The molecule has 1 aromatic rings. The first-order valence-electron chi connectivity index (χ1n) is 6.17. The lowest BCUT2D eigenvalue weighted by atomic mass is 10.2. The number of rotatable bonds is 6. The summed E-state index contributed by atoms with van der Waals surface area (Å²) in [6, 6.07) is 0. The quantitative estimate of drug-likeness (QED) is 0.778. The summed E-state index contributed by atoms with van der Waals surface area (Å²) >= 11 is 0.889. The van der Waals surface area contributed by atoms with Gasteiger partial charge in [-0.25, -0.2) is 22.9 Å². The highest BCUT2D eigenvalue weighted by Gasteiger charge is 2.26. The Hall–Kier alpha value is -1.03. The standard InChI is InChI=1S/C11H16N2O5S2/c1-17-10(14)9-11(19-7-12-9)20(15,16)13-5-4-8-3-2-6-18-8/h7-8,13H,2-6H2,1H3. The Balaban J connectivity index is 1.99. The largest absolute Gasteiger partial charge is 0.464 e. The molecule has 0 saturated carbocycles. The van der Waals surface area contributed by atoms with Crippen molar-refractivity contribution in [1.82, 2.24) is 9.71 Å². The van der Waals surface area contributed by atoms with Crippen LogP contribution in [-0.2, 0) is 19.5 Å². The zero-order valence-corrected chi connectivity index (χ0v) is 12.6. The molecule has 1 saturated heterocycles. The third-order valence-corrected chi connectivity index (χ3v) is 5.77. The smallest absolute Gasteiger partial charge is 0.358 e. The number of carbonyl (C=O) groups is 1. The fraction of sp³-hybridized carbons (Fsp3) is 0.636. The zero-order valence-electron chi connectivity index (χ0n) is 11.0. The van der Waals surface area contributed by atoms with Crippen molar-refractivity contribution in [2.75, 3.05) is 20.3 Å². The van der Waals surface area contributed by atoms with Crippen LogP contribution in [0.3, 0.4) is 0 Å². The summed E-state index contributed by atoms with van der Waals surface area (Å²) in [5.41, 5.74) is 1.13. The van der Waals surface area contributed by atoms with Crippen molar-refractivity contribution in [1.29, 1.82) is 0 Å². The van der Waals surface area contributed by atoms with Crippen LogP contribution in [0.1, 0.15) is 29.8 Å². The fourth-order valence-electron chi connectivity index (χ4n) is 1.95. The molecule has 7 nitrogen and oxygen atoms in total. The van der Waals surface area contributed by atoms with Crippen molar-refractivity contribution in [3.63, 3.8) is 0 Å². The summed E-state index contributed by atoms with van der Waals surface area (Å²) in [5.74, 6) is -0.759.